The molecule has 0 radical (unpaired) electrons. The van der Waals surface area contributed by atoms with E-state index in [1.54, 1.807) is 0 Å². The number of benzene rings is 2. The molecular formula is C16H15BrCl2IN. The number of nitrogens with one attached hydrogen (secondary N) is 1. The molecule has 1 unspecified atom stereocenters. The highest BCUT2D eigenvalue weighted by molar-refractivity contribution is 14.1. The van der Waals surface area contributed by atoms with Crippen LogP contribution in [0.3, 0.4) is 0 Å². The molecule has 0 aliphatic carbocycles. The van der Waals surface area contributed by atoms with Gasteiger partial charge in [-0.1, -0.05) is 46.1 Å². The van der Waals surface area contributed by atoms with Gasteiger partial charge in [-0.25, -0.2) is 0 Å². The molecule has 0 saturated heterocycles. The summed E-state index contributed by atoms with van der Waals surface area (Å²) >= 11 is 18.4. The first kappa shape index (κ1) is 17.5. The van der Waals surface area contributed by atoms with Crippen LogP contribution in [0.5, 0.6) is 0 Å². The lowest BCUT2D eigenvalue weighted by Crippen LogP contribution is -2.23. The molecule has 0 amide bonds. The Labute approximate surface area is 157 Å². The van der Waals surface area contributed by atoms with Crippen molar-refractivity contribution in [1.82, 2.24) is 5.32 Å². The van der Waals surface area contributed by atoms with Gasteiger partial charge in [0.05, 0.1) is 0 Å². The molecule has 2 rings (SSSR count). The predicted molar refractivity (Wildman–Crippen MR) is 103 cm³/mol. The maximum atomic E-state index is 6.30. The minimum Gasteiger partial charge on any atom is -0.310 e. The normalized spacial score (nSPS) is 12.4. The van der Waals surface area contributed by atoms with Crippen molar-refractivity contribution in [2.45, 2.75) is 19.4 Å². The largest absolute Gasteiger partial charge is 0.310 e. The van der Waals surface area contributed by atoms with E-state index in [1.165, 1.54) is 9.13 Å². The van der Waals surface area contributed by atoms with Crippen molar-refractivity contribution in [3.8, 4) is 0 Å². The molecule has 0 saturated carbocycles. The summed E-state index contributed by atoms with van der Waals surface area (Å²) in [7, 11) is 0. The van der Waals surface area contributed by atoms with Crippen molar-refractivity contribution < 1.29 is 0 Å². The maximum Gasteiger partial charge on any atom is 0.0439 e. The van der Waals surface area contributed by atoms with Gasteiger partial charge in [-0.15, -0.1) is 0 Å². The lowest BCUT2D eigenvalue weighted by Gasteiger charge is -2.21. The van der Waals surface area contributed by atoms with E-state index >= 15 is 0 Å². The van der Waals surface area contributed by atoms with Crippen LogP contribution in [-0.4, -0.2) is 6.54 Å². The zero-order valence-electron chi connectivity index (χ0n) is 11.5. The molecule has 1 atom stereocenters. The molecule has 0 bridgehead atoms. The highest BCUT2D eigenvalue weighted by atomic mass is 127. The Morgan fingerprint density at radius 3 is 2.67 bits per heavy atom. The fraction of sp³-hybridized carbons (Fsp3) is 0.250. The second-order valence-electron chi connectivity index (χ2n) is 4.72. The molecule has 112 valence electrons. The van der Waals surface area contributed by atoms with Gasteiger partial charge in [0, 0.05) is 24.1 Å². The molecule has 1 N–H and O–H groups in total. The third-order valence-corrected chi connectivity index (χ3v) is 5.21. The summed E-state index contributed by atoms with van der Waals surface area (Å²) in [5.41, 5.74) is 2.29. The Hall–Kier alpha value is 0.190. The van der Waals surface area contributed by atoms with Crippen LogP contribution in [0.2, 0.25) is 10.0 Å². The molecule has 2 aromatic carbocycles. The highest BCUT2D eigenvalue weighted by Gasteiger charge is 2.16. The van der Waals surface area contributed by atoms with Gasteiger partial charge in [-0.05, 0) is 83.1 Å². The van der Waals surface area contributed by atoms with E-state index < -0.39 is 0 Å². The zero-order valence-corrected chi connectivity index (χ0v) is 16.7. The fourth-order valence-electron chi connectivity index (χ4n) is 2.24. The molecule has 0 aliphatic heterocycles. The van der Waals surface area contributed by atoms with Gasteiger partial charge in [0.1, 0.15) is 0 Å². The average molecular weight is 499 g/mol. The van der Waals surface area contributed by atoms with E-state index in [2.05, 4.69) is 69.0 Å². The van der Waals surface area contributed by atoms with Crippen LogP contribution in [0.25, 0.3) is 0 Å². The van der Waals surface area contributed by atoms with Crippen molar-refractivity contribution in [1.29, 1.82) is 0 Å². The summed E-state index contributed by atoms with van der Waals surface area (Å²) in [5, 5.41) is 5.00. The van der Waals surface area contributed by atoms with Crippen molar-refractivity contribution in [2.24, 2.45) is 0 Å². The first-order valence-corrected chi connectivity index (χ1v) is 9.26. The minimum absolute atomic E-state index is 0.190. The van der Waals surface area contributed by atoms with E-state index in [4.69, 9.17) is 23.2 Å². The fourth-order valence-corrected chi connectivity index (χ4v) is 3.67. The van der Waals surface area contributed by atoms with Crippen molar-refractivity contribution in [3.05, 3.63) is 65.6 Å². The van der Waals surface area contributed by atoms with Crippen LogP contribution < -0.4 is 5.32 Å². The lowest BCUT2D eigenvalue weighted by atomic mass is 9.99. The minimum atomic E-state index is 0.190. The Bertz CT molecular complexity index is 634. The summed E-state index contributed by atoms with van der Waals surface area (Å²) in [4.78, 5) is 0. The van der Waals surface area contributed by atoms with Crippen LogP contribution in [0.4, 0.5) is 0 Å². The van der Waals surface area contributed by atoms with E-state index in [0.717, 1.165) is 28.0 Å². The Kier molecular flexibility index (Phi) is 6.81. The Morgan fingerprint density at radius 2 is 1.95 bits per heavy atom. The van der Waals surface area contributed by atoms with Gasteiger partial charge in [0.15, 0.2) is 0 Å². The zero-order chi connectivity index (χ0) is 15.4. The quantitative estimate of drug-likeness (QED) is 0.480. The Balaban J connectivity index is 2.35. The summed E-state index contributed by atoms with van der Waals surface area (Å²) in [6.45, 7) is 3.00. The number of rotatable bonds is 5. The van der Waals surface area contributed by atoms with Crippen LogP contribution >= 0.6 is 61.7 Å². The first-order chi connectivity index (χ1) is 10.0. The SMILES string of the molecule is CCNC(Cc1cc(Cl)ccc1Cl)c1cc(I)ccc1Br. The number of likely N-dealkylation sites (N-methyl/N-ethyl adjacent to an activating group) is 1. The van der Waals surface area contributed by atoms with E-state index in [9.17, 15) is 0 Å². The van der Waals surface area contributed by atoms with E-state index in [0.29, 0.717) is 5.02 Å². The standard InChI is InChI=1S/C16H15BrCl2IN/c1-2-21-16(13-9-12(20)4-5-14(13)17)8-10-7-11(18)3-6-15(10)19/h3-7,9,16,21H,2,8H2,1H3. The van der Waals surface area contributed by atoms with Crippen LogP contribution in [0.15, 0.2) is 40.9 Å². The molecule has 5 heteroatoms. The molecule has 0 heterocycles. The molecule has 2 aromatic rings. The van der Waals surface area contributed by atoms with Gasteiger partial charge >= 0.3 is 0 Å². The second kappa shape index (κ2) is 8.16. The van der Waals surface area contributed by atoms with Gasteiger partial charge < -0.3 is 5.32 Å². The summed E-state index contributed by atoms with van der Waals surface area (Å²) in [6, 6.07) is 12.2. The summed E-state index contributed by atoms with van der Waals surface area (Å²) in [6.07, 6.45) is 0.798. The molecule has 0 spiro atoms. The second-order valence-corrected chi connectivity index (χ2v) is 7.66. The maximum absolute atomic E-state index is 6.30. The lowest BCUT2D eigenvalue weighted by molar-refractivity contribution is 0.548. The van der Waals surface area contributed by atoms with Gasteiger partial charge in [0.25, 0.3) is 0 Å². The molecule has 0 fully saturated rings. The van der Waals surface area contributed by atoms with E-state index in [1.807, 2.05) is 18.2 Å². The smallest absolute Gasteiger partial charge is 0.0439 e. The van der Waals surface area contributed by atoms with E-state index in [-0.39, 0.29) is 6.04 Å². The van der Waals surface area contributed by atoms with Crippen LogP contribution in [0.1, 0.15) is 24.1 Å². The monoisotopic (exact) mass is 497 g/mol. The molecule has 1 nitrogen and oxygen atoms in total. The average Bonchev–Trinajstić information content (AvgIpc) is 2.45. The molecule has 0 aromatic heterocycles. The molecule has 21 heavy (non-hydrogen) atoms. The topological polar surface area (TPSA) is 12.0 Å². The number of halogens is 4. The third kappa shape index (κ3) is 4.83. The number of hydrogen-bond donors (Lipinski definition) is 1. The van der Waals surface area contributed by atoms with Crippen LogP contribution in [-0.2, 0) is 6.42 Å². The van der Waals surface area contributed by atoms with Crippen LogP contribution in [0, 0.1) is 3.57 Å². The number of hydrogen-bond acceptors (Lipinski definition) is 1. The van der Waals surface area contributed by atoms with Crippen molar-refractivity contribution in [3.63, 3.8) is 0 Å². The van der Waals surface area contributed by atoms with Gasteiger partial charge in [-0.2, -0.15) is 0 Å². The molecular weight excluding hydrogens is 484 g/mol. The summed E-state index contributed by atoms with van der Waals surface area (Å²) < 4.78 is 2.32. The molecule has 0 aliphatic rings. The first-order valence-electron chi connectivity index (χ1n) is 6.63. The predicted octanol–water partition coefficient (Wildman–Crippen LogP) is 6.25. The third-order valence-electron chi connectivity index (χ3n) is 3.22. The highest BCUT2D eigenvalue weighted by Crippen LogP contribution is 2.30. The summed E-state index contributed by atoms with van der Waals surface area (Å²) in [5.74, 6) is 0. The van der Waals surface area contributed by atoms with Gasteiger partial charge in [-0.3, -0.25) is 0 Å². The van der Waals surface area contributed by atoms with Crippen molar-refractivity contribution >= 4 is 61.7 Å². The Morgan fingerprint density at radius 1 is 1.19 bits per heavy atom. The van der Waals surface area contributed by atoms with Crippen molar-refractivity contribution in [2.75, 3.05) is 6.54 Å². The van der Waals surface area contributed by atoms with Gasteiger partial charge in [0.2, 0.25) is 0 Å².